The monoisotopic (exact) mass is 269 g/mol. The summed E-state index contributed by atoms with van der Waals surface area (Å²) in [5, 5.41) is 3.47. The first-order valence-corrected chi connectivity index (χ1v) is 6.07. The van der Waals surface area contributed by atoms with Crippen molar-refractivity contribution in [2.75, 3.05) is 13.7 Å². The third kappa shape index (κ3) is 2.34. The Morgan fingerprint density at radius 2 is 2.27 bits per heavy atom. The molecule has 0 aromatic heterocycles. The molecule has 82 valence electrons. The molecule has 0 spiro atoms. The van der Waals surface area contributed by atoms with Crippen LogP contribution in [0.2, 0.25) is 0 Å². The second-order valence-electron chi connectivity index (χ2n) is 4.13. The van der Waals surface area contributed by atoms with Crippen LogP contribution in [0.25, 0.3) is 0 Å². The molecule has 1 aliphatic rings. The van der Waals surface area contributed by atoms with Crippen molar-refractivity contribution < 1.29 is 4.74 Å². The molecule has 0 amide bonds. The van der Waals surface area contributed by atoms with Crippen LogP contribution in [-0.2, 0) is 0 Å². The van der Waals surface area contributed by atoms with Crippen molar-refractivity contribution in [1.82, 2.24) is 5.32 Å². The van der Waals surface area contributed by atoms with Crippen LogP contribution in [-0.4, -0.2) is 19.7 Å². The number of hydrogen-bond donors (Lipinski definition) is 1. The molecule has 1 heterocycles. The number of benzene rings is 1. The molecule has 1 fully saturated rings. The van der Waals surface area contributed by atoms with Crippen LogP contribution < -0.4 is 10.1 Å². The Kier molecular flexibility index (Phi) is 3.32. The first-order valence-electron chi connectivity index (χ1n) is 5.27. The van der Waals surface area contributed by atoms with Gasteiger partial charge in [0.1, 0.15) is 5.75 Å². The molecular formula is C12H16BrNO. The van der Waals surface area contributed by atoms with Gasteiger partial charge in [0.15, 0.2) is 0 Å². The van der Waals surface area contributed by atoms with Gasteiger partial charge in [0.25, 0.3) is 0 Å². The Bertz CT molecular complexity index is 353. The molecule has 1 aromatic rings. The van der Waals surface area contributed by atoms with Crippen LogP contribution in [0.1, 0.15) is 24.8 Å². The van der Waals surface area contributed by atoms with Gasteiger partial charge in [0.05, 0.1) is 7.11 Å². The highest BCUT2D eigenvalue weighted by molar-refractivity contribution is 9.10. The molecule has 1 aromatic carbocycles. The van der Waals surface area contributed by atoms with Gasteiger partial charge < -0.3 is 10.1 Å². The van der Waals surface area contributed by atoms with Crippen LogP contribution in [0.3, 0.4) is 0 Å². The van der Waals surface area contributed by atoms with Crippen molar-refractivity contribution in [3.8, 4) is 5.75 Å². The smallest absolute Gasteiger partial charge is 0.119 e. The Labute approximate surface area is 99.1 Å². The average molecular weight is 270 g/mol. The maximum atomic E-state index is 5.26. The predicted molar refractivity (Wildman–Crippen MR) is 65.5 cm³/mol. The molecule has 2 rings (SSSR count). The quantitative estimate of drug-likeness (QED) is 0.892. The van der Waals surface area contributed by atoms with Crippen LogP contribution in [0.5, 0.6) is 5.75 Å². The van der Waals surface area contributed by atoms with Gasteiger partial charge in [-0.15, -0.1) is 0 Å². The van der Waals surface area contributed by atoms with Crippen molar-refractivity contribution in [2.45, 2.75) is 25.3 Å². The fourth-order valence-corrected chi connectivity index (χ4v) is 2.71. The maximum Gasteiger partial charge on any atom is 0.119 e. The molecule has 2 nitrogen and oxygen atoms in total. The third-order valence-electron chi connectivity index (χ3n) is 2.99. The van der Waals surface area contributed by atoms with Crippen molar-refractivity contribution >= 4 is 15.9 Å². The highest BCUT2D eigenvalue weighted by Crippen LogP contribution is 2.33. The van der Waals surface area contributed by atoms with Crippen LogP contribution in [0.15, 0.2) is 22.7 Å². The number of halogens is 1. The maximum absolute atomic E-state index is 5.26. The fourth-order valence-electron chi connectivity index (χ4n) is 2.14. The number of rotatable bonds is 2. The molecule has 15 heavy (non-hydrogen) atoms. The lowest BCUT2D eigenvalue weighted by atomic mass is 9.96. The Hall–Kier alpha value is -0.540. The number of methoxy groups -OCH3 is 1. The Morgan fingerprint density at radius 3 is 2.87 bits per heavy atom. The van der Waals surface area contributed by atoms with Crippen LogP contribution >= 0.6 is 15.9 Å². The second kappa shape index (κ2) is 4.54. The Morgan fingerprint density at radius 1 is 1.47 bits per heavy atom. The summed E-state index contributed by atoms with van der Waals surface area (Å²) in [5.41, 5.74) is 1.35. The van der Waals surface area contributed by atoms with E-state index in [0.29, 0.717) is 12.0 Å². The van der Waals surface area contributed by atoms with Gasteiger partial charge in [-0.3, -0.25) is 0 Å². The molecule has 3 heteroatoms. The van der Waals surface area contributed by atoms with Gasteiger partial charge in [-0.2, -0.15) is 0 Å². The first kappa shape index (κ1) is 11.0. The van der Waals surface area contributed by atoms with Crippen LogP contribution in [0.4, 0.5) is 0 Å². The lowest BCUT2D eigenvalue weighted by Gasteiger charge is -2.12. The molecule has 1 saturated heterocycles. The van der Waals surface area contributed by atoms with Gasteiger partial charge in [-0.05, 0) is 43.0 Å². The molecule has 0 bridgehead atoms. The van der Waals surface area contributed by atoms with Crippen molar-refractivity contribution in [3.05, 3.63) is 28.2 Å². The fraction of sp³-hybridized carbons (Fsp3) is 0.500. The SMILES string of the molecule is COc1ccc(Br)c(C2CNC(C)C2)c1. The third-order valence-corrected chi connectivity index (χ3v) is 3.72. The molecule has 2 unspecified atom stereocenters. The van der Waals surface area contributed by atoms with E-state index in [0.717, 1.165) is 12.3 Å². The summed E-state index contributed by atoms with van der Waals surface area (Å²) in [6.45, 7) is 3.29. The molecule has 1 aliphatic heterocycles. The van der Waals surface area contributed by atoms with Gasteiger partial charge >= 0.3 is 0 Å². The van der Waals surface area contributed by atoms with E-state index in [9.17, 15) is 0 Å². The highest BCUT2D eigenvalue weighted by Gasteiger charge is 2.23. The van der Waals surface area contributed by atoms with Gasteiger partial charge in [0.2, 0.25) is 0 Å². The standard InChI is InChI=1S/C12H16BrNO/c1-8-5-9(7-14-8)11-6-10(15-2)3-4-12(11)13/h3-4,6,8-9,14H,5,7H2,1-2H3. The van der Waals surface area contributed by atoms with Crippen LogP contribution in [0, 0.1) is 0 Å². The summed E-state index contributed by atoms with van der Waals surface area (Å²) in [7, 11) is 1.71. The molecule has 1 N–H and O–H groups in total. The lowest BCUT2D eigenvalue weighted by Crippen LogP contribution is -2.16. The van der Waals surface area contributed by atoms with Crippen molar-refractivity contribution in [1.29, 1.82) is 0 Å². The number of ether oxygens (including phenoxy) is 1. The van der Waals surface area contributed by atoms with E-state index in [4.69, 9.17) is 4.74 Å². The normalized spacial score (nSPS) is 25.5. The summed E-state index contributed by atoms with van der Waals surface area (Å²) >= 11 is 3.61. The van der Waals surface area contributed by atoms with E-state index in [2.05, 4.69) is 40.3 Å². The largest absolute Gasteiger partial charge is 0.497 e. The van der Waals surface area contributed by atoms with Gasteiger partial charge in [0, 0.05) is 17.1 Å². The summed E-state index contributed by atoms with van der Waals surface area (Å²) in [4.78, 5) is 0. The minimum atomic E-state index is 0.601. The van der Waals surface area contributed by atoms with E-state index >= 15 is 0 Å². The van der Waals surface area contributed by atoms with E-state index in [1.165, 1.54) is 16.5 Å². The number of nitrogens with one attached hydrogen (secondary N) is 1. The predicted octanol–water partition coefficient (Wildman–Crippen LogP) is 2.92. The lowest BCUT2D eigenvalue weighted by molar-refractivity contribution is 0.413. The molecule has 2 atom stereocenters. The molecule has 0 aliphatic carbocycles. The van der Waals surface area contributed by atoms with E-state index in [-0.39, 0.29) is 0 Å². The van der Waals surface area contributed by atoms with Crippen molar-refractivity contribution in [2.24, 2.45) is 0 Å². The first-order chi connectivity index (χ1) is 7.20. The minimum Gasteiger partial charge on any atom is -0.497 e. The molecule has 0 saturated carbocycles. The van der Waals surface area contributed by atoms with E-state index < -0.39 is 0 Å². The molecular weight excluding hydrogens is 254 g/mol. The summed E-state index contributed by atoms with van der Waals surface area (Å²) in [6.07, 6.45) is 1.20. The van der Waals surface area contributed by atoms with Crippen molar-refractivity contribution in [3.63, 3.8) is 0 Å². The summed E-state index contributed by atoms with van der Waals surface area (Å²) in [6, 6.07) is 6.80. The zero-order valence-corrected chi connectivity index (χ0v) is 10.7. The van der Waals surface area contributed by atoms with Gasteiger partial charge in [-0.1, -0.05) is 15.9 Å². The Balaban J connectivity index is 2.26. The minimum absolute atomic E-state index is 0.601. The van der Waals surface area contributed by atoms with Gasteiger partial charge in [-0.25, -0.2) is 0 Å². The zero-order valence-electron chi connectivity index (χ0n) is 9.09. The summed E-state index contributed by atoms with van der Waals surface area (Å²) < 4.78 is 6.44. The highest BCUT2D eigenvalue weighted by atomic mass is 79.9. The zero-order chi connectivity index (χ0) is 10.8. The van der Waals surface area contributed by atoms with E-state index in [1.807, 2.05) is 6.07 Å². The number of hydrogen-bond acceptors (Lipinski definition) is 2. The average Bonchev–Trinajstić information content (AvgIpc) is 2.65. The second-order valence-corrected chi connectivity index (χ2v) is 4.98. The summed E-state index contributed by atoms with van der Waals surface area (Å²) in [5.74, 6) is 1.54. The van der Waals surface area contributed by atoms with E-state index in [1.54, 1.807) is 7.11 Å². The topological polar surface area (TPSA) is 21.3 Å². The molecule has 0 radical (unpaired) electrons.